The third kappa shape index (κ3) is 5.64. The Balaban J connectivity index is 3.54. The molecule has 0 radical (unpaired) electrons. The van der Waals surface area contributed by atoms with E-state index in [1.807, 2.05) is 0 Å². The zero-order chi connectivity index (χ0) is 18.2. The molecular weight excluding hydrogens is 278 g/mol. The second-order valence-corrected chi connectivity index (χ2v) is 10.5. The summed E-state index contributed by atoms with van der Waals surface area (Å²) < 4.78 is 0. The number of hydrogen-bond acceptors (Lipinski definition) is 1. The second-order valence-electron chi connectivity index (χ2n) is 10.5. The Morgan fingerprint density at radius 3 is 1.39 bits per heavy atom. The lowest BCUT2D eigenvalue weighted by Gasteiger charge is -2.35. The Bertz CT molecular complexity index is 486. The van der Waals surface area contributed by atoms with Crippen LogP contribution in [0.5, 0.6) is 0 Å². The zero-order valence-corrected chi connectivity index (χ0v) is 17.5. The quantitative estimate of drug-likeness (QED) is 0.663. The van der Waals surface area contributed by atoms with Crippen LogP contribution in [0.15, 0.2) is 18.2 Å². The smallest absolute Gasteiger partial charge is 0.00492 e. The second kappa shape index (κ2) is 6.59. The topological polar surface area (TPSA) is 3.24 Å². The maximum atomic E-state index is 2.45. The van der Waals surface area contributed by atoms with Crippen molar-refractivity contribution in [3.8, 4) is 0 Å². The lowest BCUT2D eigenvalue weighted by Crippen LogP contribution is -2.30. The molecule has 0 spiro atoms. The van der Waals surface area contributed by atoms with E-state index < -0.39 is 0 Å². The third-order valence-corrected chi connectivity index (χ3v) is 4.68. The van der Waals surface area contributed by atoms with E-state index in [4.69, 9.17) is 0 Å². The standard InChI is InChI=1S/C22H39N/c1-20(2,3)17-12-16(13-18(14-17)21(4,5)6)19(15-23(10)11)22(7,8)9/h12-14,19H,15H2,1-11H3. The van der Waals surface area contributed by atoms with Gasteiger partial charge >= 0.3 is 0 Å². The minimum atomic E-state index is 0.177. The summed E-state index contributed by atoms with van der Waals surface area (Å²) in [6.07, 6.45) is 0. The third-order valence-electron chi connectivity index (χ3n) is 4.68. The van der Waals surface area contributed by atoms with Gasteiger partial charge in [-0.25, -0.2) is 0 Å². The van der Waals surface area contributed by atoms with Crippen LogP contribution in [0.4, 0.5) is 0 Å². The molecule has 1 aromatic carbocycles. The van der Waals surface area contributed by atoms with Crippen molar-refractivity contribution < 1.29 is 0 Å². The number of hydrogen-bond donors (Lipinski definition) is 0. The van der Waals surface area contributed by atoms with E-state index in [0.717, 1.165) is 6.54 Å². The molecule has 0 N–H and O–H groups in total. The van der Waals surface area contributed by atoms with Gasteiger partial charge in [0, 0.05) is 12.5 Å². The van der Waals surface area contributed by atoms with E-state index in [-0.39, 0.29) is 16.2 Å². The average molecular weight is 318 g/mol. The highest BCUT2D eigenvalue weighted by molar-refractivity contribution is 5.39. The van der Waals surface area contributed by atoms with Crippen LogP contribution in [-0.2, 0) is 10.8 Å². The fraction of sp³-hybridized carbons (Fsp3) is 0.727. The van der Waals surface area contributed by atoms with Gasteiger partial charge in [-0.15, -0.1) is 0 Å². The first-order valence-corrected chi connectivity index (χ1v) is 8.93. The molecule has 0 aromatic heterocycles. The minimum Gasteiger partial charge on any atom is -0.309 e. The molecule has 1 heteroatoms. The molecule has 1 rings (SSSR count). The molecule has 1 nitrogen and oxygen atoms in total. The molecular formula is C22H39N. The van der Waals surface area contributed by atoms with Gasteiger partial charge in [0.2, 0.25) is 0 Å². The fourth-order valence-electron chi connectivity index (χ4n) is 2.96. The lowest BCUT2D eigenvalue weighted by molar-refractivity contribution is 0.249. The van der Waals surface area contributed by atoms with E-state index in [1.54, 1.807) is 0 Å². The van der Waals surface area contributed by atoms with Crippen LogP contribution in [0.25, 0.3) is 0 Å². The molecule has 0 aliphatic rings. The Hall–Kier alpha value is -0.820. The Morgan fingerprint density at radius 1 is 0.739 bits per heavy atom. The predicted molar refractivity (Wildman–Crippen MR) is 105 cm³/mol. The Labute approximate surface area is 145 Å². The van der Waals surface area contributed by atoms with Crippen LogP contribution in [-0.4, -0.2) is 25.5 Å². The summed E-state index contributed by atoms with van der Waals surface area (Å²) in [4.78, 5) is 2.32. The van der Waals surface area contributed by atoms with Crippen molar-refractivity contribution in [1.29, 1.82) is 0 Å². The van der Waals surface area contributed by atoms with Gasteiger partial charge < -0.3 is 4.90 Å². The summed E-state index contributed by atoms with van der Waals surface area (Å²) in [5, 5.41) is 0. The first-order chi connectivity index (χ1) is 10.1. The summed E-state index contributed by atoms with van der Waals surface area (Å²) in [6, 6.07) is 7.32. The monoisotopic (exact) mass is 317 g/mol. The highest BCUT2D eigenvalue weighted by Crippen LogP contribution is 2.39. The maximum Gasteiger partial charge on any atom is 0.00492 e. The van der Waals surface area contributed by atoms with Gasteiger partial charge in [0.05, 0.1) is 0 Å². The van der Waals surface area contributed by atoms with E-state index in [9.17, 15) is 0 Å². The van der Waals surface area contributed by atoms with Gasteiger partial charge in [-0.2, -0.15) is 0 Å². The fourth-order valence-corrected chi connectivity index (χ4v) is 2.96. The number of likely N-dealkylation sites (N-methyl/N-ethyl adjacent to an activating group) is 1. The summed E-state index contributed by atoms with van der Waals surface area (Å²) in [7, 11) is 4.36. The molecule has 0 bridgehead atoms. The lowest BCUT2D eigenvalue weighted by atomic mass is 9.72. The largest absolute Gasteiger partial charge is 0.309 e. The van der Waals surface area contributed by atoms with Gasteiger partial charge in [-0.3, -0.25) is 0 Å². The summed E-state index contributed by atoms with van der Waals surface area (Å²) in [5.74, 6) is 0.529. The van der Waals surface area contributed by atoms with Gasteiger partial charge in [0.25, 0.3) is 0 Å². The van der Waals surface area contributed by atoms with Gasteiger partial charge in [0.15, 0.2) is 0 Å². The van der Waals surface area contributed by atoms with Crippen LogP contribution in [0.1, 0.15) is 84.9 Å². The first kappa shape index (κ1) is 20.2. The van der Waals surface area contributed by atoms with Crippen LogP contribution in [0.2, 0.25) is 0 Å². The molecule has 1 unspecified atom stereocenters. The summed E-state index contributed by atoms with van der Waals surface area (Å²) in [5.41, 5.74) is 4.99. The van der Waals surface area contributed by atoms with Crippen molar-refractivity contribution in [2.24, 2.45) is 5.41 Å². The van der Waals surface area contributed by atoms with E-state index in [0.29, 0.717) is 5.92 Å². The molecule has 0 saturated heterocycles. The van der Waals surface area contributed by atoms with Gasteiger partial charge in [-0.1, -0.05) is 80.5 Å². The Morgan fingerprint density at radius 2 is 1.13 bits per heavy atom. The van der Waals surface area contributed by atoms with E-state index >= 15 is 0 Å². The van der Waals surface area contributed by atoms with Crippen LogP contribution in [0, 0.1) is 5.41 Å². The summed E-state index contributed by atoms with van der Waals surface area (Å²) >= 11 is 0. The molecule has 0 aliphatic heterocycles. The van der Waals surface area contributed by atoms with Crippen molar-refractivity contribution in [1.82, 2.24) is 4.90 Å². The van der Waals surface area contributed by atoms with Crippen LogP contribution < -0.4 is 0 Å². The van der Waals surface area contributed by atoms with E-state index in [1.165, 1.54) is 16.7 Å². The molecule has 0 saturated carbocycles. The van der Waals surface area contributed by atoms with Crippen molar-refractivity contribution in [2.45, 2.75) is 79.1 Å². The van der Waals surface area contributed by atoms with Crippen molar-refractivity contribution in [3.63, 3.8) is 0 Å². The Kier molecular flexibility index (Phi) is 5.79. The predicted octanol–water partition coefficient (Wildman–Crippen LogP) is 5.97. The number of rotatable bonds is 3. The normalized spacial score (nSPS) is 15.1. The molecule has 1 aromatic rings. The number of benzene rings is 1. The molecule has 0 amide bonds. The first-order valence-electron chi connectivity index (χ1n) is 8.93. The highest BCUT2D eigenvalue weighted by Gasteiger charge is 2.29. The van der Waals surface area contributed by atoms with Gasteiger partial charge in [-0.05, 0) is 47.0 Å². The average Bonchev–Trinajstić information content (AvgIpc) is 2.31. The van der Waals surface area contributed by atoms with Crippen molar-refractivity contribution >= 4 is 0 Å². The molecule has 23 heavy (non-hydrogen) atoms. The molecule has 0 aliphatic carbocycles. The zero-order valence-electron chi connectivity index (χ0n) is 17.5. The number of nitrogens with zero attached hydrogens (tertiary/aromatic N) is 1. The highest BCUT2D eigenvalue weighted by atomic mass is 15.1. The van der Waals surface area contributed by atoms with Crippen LogP contribution in [0.3, 0.4) is 0 Å². The minimum absolute atomic E-state index is 0.177. The van der Waals surface area contributed by atoms with Crippen molar-refractivity contribution in [2.75, 3.05) is 20.6 Å². The molecule has 1 atom stereocenters. The molecule has 132 valence electrons. The van der Waals surface area contributed by atoms with E-state index in [2.05, 4.69) is 99.5 Å². The SMILES string of the molecule is CN(C)CC(c1cc(C(C)(C)C)cc(C(C)(C)C)c1)C(C)(C)C. The summed E-state index contributed by atoms with van der Waals surface area (Å²) in [6.45, 7) is 22.1. The molecule has 0 fully saturated rings. The van der Waals surface area contributed by atoms with Gasteiger partial charge in [0.1, 0.15) is 0 Å². The van der Waals surface area contributed by atoms with Crippen LogP contribution >= 0.6 is 0 Å². The van der Waals surface area contributed by atoms with Crippen molar-refractivity contribution in [3.05, 3.63) is 34.9 Å². The molecule has 0 heterocycles. The maximum absolute atomic E-state index is 2.45.